The van der Waals surface area contributed by atoms with E-state index in [2.05, 4.69) is 15.6 Å². The van der Waals surface area contributed by atoms with Crippen molar-refractivity contribution in [2.45, 2.75) is 18.2 Å². The fraction of sp³-hybridized carbons (Fsp3) is 0.241. The molecule has 0 bridgehead atoms. The number of fused-ring (bicyclic) bond motifs is 1. The van der Waals surface area contributed by atoms with Crippen LogP contribution in [0.15, 0.2) is 77.8 Å². The molecule has 0 aliphatic carbocycles. The number of amides is 1. The molecule has 0 saturated heterocycles. The van der Waals surface area contributed by atoms with Crippen LogP contribution in [0.1, 0.15) is 12.0 Å². The van der Waals surface area contributed by atoms with Crippen LogP contribution in [0, 0.1) is 6.92 Å². The van der Waals surface area contributed by atoms with Gasteiger partial charge in [0, 0.05) is 41.4 Å². The first kappa shape index (κ1) is 29.0. The second-order valence-corrected chi connectivity index (χ2v) is 11.3. The normalized spacial score (nSPS) is 11.2. The summed E-state index contributed by atoms with van der Waals surface area (Å²) in [6.45, 7) is 2.30. The second kappa shape index (κ2) is 12.9. The summed E-state index contributed by atoms with van der Waals surface area (Å²) < 4.78 is 39.4. The third-order valence-corrected chi connectivity index (χ3v) is 8.24. The molecule has 210 valence electrons. The Kier molecular flexibility index (Phi) is 9.34. The number of aromatic nitrogens is 1. The van der Waals surface area contributed by atoms with Gasteiger partial charge in [0.15, 0.2) is 0 Å². The number of methoxy groups -OCH3 is 2. The Bertz CT molecular complexity index is 1610. The van der Waals surface area contributed by atoms with Crippen LogP contribution in [0.3, 0.4) is 0 Å². The number of hydrogen-bond donors (Lipinski definition) is 2. The van der Waals surface area contributed by atoms with Crippen LogP contribution in [0.5, 0.6) is 11.5 Å². The minimum Gasteiger partial charge on any atom is -0.497 e. The average Bonchev–Trinajstić information content (AvgIpc) is 2.95. The van der Waals surface area contributed by atoms with Gasteiger partial charge in [-0.3, -0.25) is 14.1 Å². The number of benzene rings is 3. The Balaban J connectivity index is 1.45. The molecular weight excluding hydrogens is 552 g/mol. The third-order valence-electron chi connectivity index (χ3n) is 6.21. The number of nitrogens with one attached hydrogen (secondary N) is 2. The van der Waals surface area contributed by atoms with Crippen molar-refractivity contribution in [2.75, 3.05) is 43.5 Å². The maximum Gasteiger partial charge on any atom is 0.268 e. The van der Waals surface area contributed by atoms with E-state index in [4.69, 9.17) is 21.1 Å². The molecule has 1 aromatic heterocycles. The summed E-state index contributed by atoms with van der Waals surface area (Å²) >= 11 is 6.07. The van der Waals surface area contributed by atoms with Crippen molar-refractivity contribution < 1.29 is 22.7 Å². The number of nitrogens with zero attached hydrogens (tertiary/aromatic N) is 2. The van der Waals surface area contributed by atoms with Crippen molar-refractivity contribution in [3.63, 3.8) is 0 Å². The highest BCUT2D eigenvalue weighted by Gasteiger charge is 2.30. The van der Waals surface area contributed by atoms with Gasteiger partial charge < -0.3 is 20.1 Å². The van der Waals surface area contributed by atoms with Crippen molar-refractivity contribution in [1.29, 1.82) is 0 Å². The largest absolute Gasteiger partial charge is 0.497 e. The number of carbonyl (C=O) groups excluding carboxylic acids is 1. The van der Waals surface area contributed by atoms with Crippen LogP contribution in [0.4, 0.5) is 11.4 Å². The van der Waals surface area contributed by atoms with Crippen LogP contribution in [0.25, 0.3) is 10.9 Å². The summed E-state index contributed by atoms with van der Waals surface area (Å²) in [7, 11) is -1.27. The van der Waals surface area contributed by atoms with Gasteiger partial charge in [0.2, 0.25) is 5.91 Å². The Hall–Kier alpha value is -4.02. The van der Waals surface area contributed by atoms with Crippen LogP contribution in [-0.4, -0.2) is 53.2 Å². The molecule has 1 amide bonds. The smallest absolute Gasteiger partial charge is 0.268 e. The van der Waals surface area contributed by atoms with E-state index in [0.717, 1.165) is 26.5 Å². The number of ether oxygens (including phenoxy) is 2. The summed E-state index contributed by atoms with van der Waals surface area (Å²) in [5.74, 6) is 0.212. The van der Waals surface area contributed by atoms with E-state index in [9.17, 15) is 13.2 Å². The van der Waals surface area contributed by atoms with E-state index in [-0.39, 0.29) is 10.6 Å². The number of sulfonamides is 1. The van der Waals surface area contributed by atoms with Gasteiger partial charge in [-0.25, -0.2) is 8.42 Å². The van der Waals surface area contributed by atoms with Crippen molar-refractivity contribution in [3.05, 3.63) is 83.5 Å². The zero-order valence-corrected chi connectivity index (χ0v) is 24.1. The summed E-state index contributed by atoms with van der Waals surface area (Å²) in [6, 6.07) is 18.9. The molecule has 0 aliphatic heterocycles. The van der Waals surface area contributed by atoms with Crippen molar-refractivity contribution >= 4 is 49.8 Å². The lowest BCUT2D eigenvalue weighted by Crippen LogP contribution is -2.41. The standard InChI is InChI=1S/C29H31ClN4O5S/c1-20-8-11-27(39-3)28(16-20)40(36,37)34(22-6-4-7-23(18-22)38-2)19-29(35)33-14-5-13-31-25-12-15-32-26-17-21(30)9-10-24(25)26/h4,6-12,15-18H,5,13-14,19H2,1-3H3,(H,31,32)(H,33,35). The number of carbonyl (C=O) groups is 1. The zero-order chi connectivity index (χ0) is 28.7. The lowest BCUT2D eigenvalue weighted by molar-refractivity contribution is -0.119. The quantitative estimate of drug-likeness (QED) is 0.226. The van der Waals surface area contributed by atoms with Crippen molar-refractivity contribution in [2.24, 2.45) is 0 Å². The predicted octanol–water partition coefficient (Wildman–Crippen LogP) is 5.03. The first-order valence-electron chi connectivity index (χ1n) is 12.6. The molecule has 0 aliphatic rings. The number of rotatable bonds is 12. The van der Waals surface area contributed by atoms with Crippen LogP contribution < -0.4 is 24.4 Å². The number of pyridine rings is 1. The van der Waals surface area contributed by atoms with Crippen molar-refractivity contribution in [3.8, 4) is 11.5 Å². The molecular formula is C29H31ClN4O5S. The fourth-order valence-electron chi connectivity index (χ4n) is 4.19. The van der Waals surface area contributed by atoms with Gasteiger partial charge in [-0.2, -0.15) is 0 Å². The Morgan fingerprint density at radius 1 is 1.00 bits per heavy atom. The molecule has 9 nitrogen and oxygen atoms in total. The lowest BCUT2D eigenvalue weighted by Gasteiger charge is -2.25. The SMILES string of the molecule is COc1cccc(N(CC(=O)NCCCNc2ccnc3cc(Cl)ccc23)S(=O)(=O)c2cc(C)ccc2OC)c1. The Morgan fingerprint density at radius 2 is 1.82 bits per heavy atom. The monoisotopic (exact) mass is 582 g/mol. The second-order valence-electron chi connectivity index (χ2n) is 9.02. The van der Waals surface area contributed by atoms with Gasteiger partial charge in [0.05, 0.1) is 25.4 Å². The molecule has 0 fully saturated rings. The number of anilines is 2. The minimum absolute atomic E-state index is 0.0271. The van der Waals surface area contributed by atoms with Crippen molar-refractivity contribution in [1.82, 2.24) is 10.3 Å². The minimum atomic E-state index is -4.17. The summed E-state index contributed by atoms with van der Waals surface area (Å²) in [5.41, 5.74) is 2.74. The number of halogens is 1. The molecule has 4 aromatic rings. The molecule has 0 unspecified atom stereocenters. The van der Waals surface area contributed by atoms with E-state index in [1.54, 1.807) is 55.6 Å². The molecule has 0 atom stereocenters. The molecule has 2 N–H and O–H groups in total. The topological polar surface area (TPSA) is 110 Å². The van der Waals surface area contributed by atoms with Gasteiger partial charge in [0.25, 0.3) is 10.0 Å². The van der Waals surface area contributed by atoms with E-state index in [1.807, 2.05) is 18.2 Å². The van der Waals surface area contributed by atoms with Gasteiger partial charge in [0.1, 0.15) is 22.9 Å². The first-order chi connectivity index (χ1) is 19.2. The predicted molar refractivity (Wildman–Crippen MR) is 158 cm³/mol. The van der Waals surface area contributed by atoms with Gasteiger partial charge in [-0.1, -0.05) is 23.7 Å². The molecule has 0 saturated carbocycles. The third kappa shape index (κ3) is 6.75. The summed E-state index contributed by atoms with van der Waals surface area (Å²) in [6.07, 6.45) is 2.32. The summed E-state index contributed by atoms with van der Waals surface area (Å²) in [5, 5.41) is 7.75. The average molecular weight is 583 g/mol. The Labute approximate surface area is 239 Å². The first-order valence-corrected chi connectivity index (χ1v) is 14.4. The van der Waals surface area contributed by atoms with Crippen LogP contribution in [-0.2, 0) is 14.8 Å². The van der Waals surface area contributed by atoms with Crippen LogP contribution in [0.2, 0.25) is 5.02 Å². The highest BCUT2D eigenvalue weighted by molar-refractivity contribution is 7.93. The van der Waals surface area contributed by atoms with Gasteiger partial charge in [-0.15, -0.1) is 0 Å². The van der Waals surface area contributed by atoms with E-state index in [0.29, 0.717) is 36.0 Å². The maximum absolute atomic E-state index is 13.9. The zero-order valence-electron chi connectivity index (χ0n) is 22.5. The summed E-state index contributed by atoms with van der Waals surface area (Å²) in [4.78, 5) is 17.3. The van der Waals surface area contributed by atoms with E-state index >= 15 is 0 Å². The fourth-order valence-corrected chi connectivity index (χ4v) is 6.01. The molecule has 0 spiro atoms. The highest BCUT2D eigenvalue weighted by atomic mass is 35.5. The molecule has 40 heavy (non-hydrogen) atoms. The maximum atomic E-state index is 13.9. The Morgan fingerprint density at radius 3 is 2.60 bits per heavy atom. The molecule has 0 radical (unpaired) electrons. The number of aryl methyl sites for hydroxylation is 1. The van der Waals surface area contributed by atoms with E-state index in [1.165, 1.54) is 20.3 Å². The molecule has 1 heterocycles. The lowest BCUT2D eigenvalue weighted by atomic mass is 10.2. The van der Waals surface area contributed by atoms with Crippen LogP contribution >= 0.6 is 11.6 Å². The number of hydrogen-bond acceptors (Lipinski definition) is 7. The van der Waals surface area contributed by atoms with E-state index < -0.39 is 22.5 Å². The molecule has 4 rings (SSSR count). The highest BCUT2D eigenvalue weighted by Crippen LogP contribution is 2.32. The molecule has 3 aromatic carbocycles. The molecule has 11 heteroatoms. The van der Waals surface area contributed by atoms with Gasteiger partial charge in [-0.05, 0) is 67.4 Å². The van der Waals surface area contributed by atoms with Gasteiger partial charge >= 0.3 is 0 Å².